The Morgan fingerprint density at radius 1 is 0.955 bits per heavy atom. The van der Waals surface area contributed by atoms with Crippen molar-refractivity contribution in [1.29, 1.82) is 0 Å². The van der Waals surface area contributed by atoms with E-state index in [-0.39, 0.29) is 16.5 Å². The third-order valence-corrected chi connectivity index (χ3v) is 9.32. The Balaban J connectivity index is 0.000000205. The third-order valence-electron chi connectivity index (χ3n) is 8.41. The molecule has 2 aliphatic rings. The number of fused-ring (bicyclic) bond motifs is 3. The summed E-state index contributed by atoms with van der Waals surface area (Å²) in [7, 11) is -2.27. The highest BCUT2D eigenvalue weighted by Gasteiger charge is 2.29. The summed E-state index contributed by atoms with van der Waals surface area (Å²) in [5.74, 6) is 0.275. The van der Waals surface area contributed by atoms with Crippen LogP contribution >= 0.6 is 0 Å². The third kappa shape index (κ3) is 6.04. The SMILES string of the molecule is CNc1oc2ccc(C(=O)c3ccc(F)cc3)cc2c1C1=CCN2CCCCC2C1.O=S(=O)(O)c1cccc2ccccc12. The number of halogens is 1. The maximum atomic E-state index is 13.2. The number of nitrogens with zero attached hydrogens (tertiary/aromatic N) is 1. The van der Waals surface area contributed by atoms with Gasteiger partial charge in [0, 0.05) is 47.1 Å². The van der Waals surface area contributed by atoms with Gasteiger partial charge in [-0.05, 0) is 85.3 Å². The van der Waals surface area contributed by atoms with Gasteiger partial charge in [-0.3, -0.25) is 14.2 Å². The molecule has 5 aromatic rings. The normalized spacial score (nSPS) is 17.0. The molecule has 7 nitrogen and oxygen atoms in total. The average Bonchev–Trinajstić information content (AvgIpc) is 3.42. The van der Waals surface area contributed by atoms with Gasteiger partial charge < -0.3 is 9.73 Å². The van der Waals surface area contributed by atoms with Crippen LogP contribution in [0.2, 0.25) is 0 Å². The Bertz CT molecular complexity index is 1980. The highest BCUT2D eigenvalue weighted by molar-refractivity contribution is 7.86. The number of ketones is 1. The Morgan fingerprint density at radius 2 is 1.70 bits per heavy atom. The van der Waals surface area contributed by atoms with E-state index in [4.69, 9.17) is 8.97 Å². The molecule has 1 fully saturated rings. The quantitative estimate of drug-likeness (QED) is 0.156. The number of benzene rings is 4. The number of carbonyl (C=O) groups is 1. The van der Waals surface area contributed by atoms with Crippen molar-refractivity contribution in [2.24, 2.45) is 0 Å². The Kier molecular flexibility index (Phi) is 8.35. The van der Waals surface area contributed by atoms with Crippen molar-refractivity contribution in [3.63, 3.8) is 0 Å². The molecule has 0 aliphatic carbocycles. The number of hydrogen-bond acceptors (Lipinski definition) is 6. The first-order valence-electron chi connectivity index (χ1n) is 14.7. The van der Waals surface area contributed by atoms with E-state index in [2.05, 4.69) is 16.3 Å². The van der Waals surface area contributed by atoms with Crippen LogP contribution in [0.1, 0.15) is 47.2 Å². The second kappa shape index (κ2) is 12.4. The van der Waals surface area contributed by atoms with Crippen molar-refractivity contribution >= 4 is 49.1 Å². The van der Waals surface area contributed by atoms with Gasteiger partial charge in [0.1, 0.15) is 16.3 Å². The van der Waals surface area contributed by atoms with Gasteiger partial charge in [0.2, 0.25) is 5.88 Å². The fraction of sp³-hybridized carbons (Fsp3) is 0.229. The molecule has 1 saturated heterocycles. The van der Waals surface area contributed by atoms with E-state index in [1.807, 2.05) is 25.2 Å². The van der Waals surface area contributed by atoms with E-state index < -0.39 is 10.1 Å². The van der Waals surface area contributed by atoms with Gasteiger partial charge in [-0.15, -0.1) is 0 Å². The fourth-order valence-electron chi connectivity index (χ4n) is 6.22. The van der Waals surface area contributed by atoms with Crippen LogP contribution in [0.4, 0.5) is 10.3 Å². The Morgan fingerprint density at radius 3 is 2.48 bits per heavy atom. The minimum atomic E-state index is -4.13. The zero-order valence-corrected chi connectivity index (χ0v) is 25.1. The summed E-state index contributed by atoms with van der Waals surface area (Å²) < 4.78 is 50.3. The fourth-order valence-corrected chi connectivity index (χ4v) is 6.94. The minimum absolute atomic E-state index is 0.0457. The van der Waals surface area contributed by atoms with Crippen molar-refractivity contribution in [2.75, 3.05) is 25.5 Å². The van der Waals surface area contributed by atoms with Crippen LogP contribution in [-0.4, -0.2) is 49.8 Å². The molecule has 1 atom stereocenters. The molecule has 0 bridgehead atoms. The summed E-state index contributed by atoms with van der Waals surface area (Å²) in [5.41, 5.74) is 4.16. The van der Waals surface area contributed by atoms with E-state index in [9.17, 15) is 17.6 Å². The van der Waals surface area contributed by atoms with E-state index in [1.54, 1.807) is 36.4 Å². The molecule has 1 unspecified atom stereocenters. The first-order valence-corrected chi connectivity index (χ1v) is 16.1. The van der Waals surface area contributed by atoms with Gasteiger partial charge in [-0.1, -0.05) is 48.9 Å². The topological polar surface area (TPSA) is 99.9 Å². The van der Waals surface area contributed by atoms with Gasteiger partial charge in [0.25, 0.3) is 10.1 Å². The number of furan rings is 1. The molecule has 9 heteroatoms. The summed E-state index contributed by atoms with van der Waals surface area (Å²) in [6.45, 7) is 2.14. The van der Waals surface area contributed by atoms with Crippen molar-refractivity contribution in [2.45, 2.75) is 36.6 Å². The number of piperidine rings is 1. The highest BCUT2D eigenvalue weighted by atomic mass is 32.2. The van der Waals surface area contributed by atoms with Gasteiger partial charge >= 0.3 is 0 Å². The smallest absolute Gasteiger partial charge is 0.295 e. The lowest BCUT2D eigenvalue weighted by Crippen LogP contribution is -2.41. The molecule has 44 heavy (non-hydrogen) atoms. The number of rotatable bonds is 5. The lowest BCUT2D eigenvalue weighted by atomic mass is 9.88. The van der Waals surface area contributed by atoms with Crippen LogP contribution < -0.4 is 5.32 Å². The van der Waals surface area contributed by atoms with Crippen LogP contribution in [0.5, 0.6) is 0 Å². The second-order valence-electron chi connectivity index (χ2n) is 11.1. The zero-order valence-electron chi connectivity index (χ0n) is 24.3. The number of nitrogens with one attached hydrogen (secondary N) is 1. The van der Waals surface area contributed by atoms with E-state index in [0.29, 0.717) is 22.6 Å². The van der Waals surface area contributed by atoms with Crippen LogP contribution in [0.25, 0.3) is 27.3 Å². The molecule has 7 rings (SSSR count). The number of carbonyl (C=O) groups excluding carboxylic acids is 1. The van der Waals surface area contributed by atoms with Gasteiger partial charge in [-0.2, -0.15) is 8.42 Å². The second-order valence-corrected chi connectivity index (χ2v) is 12.5. The summed E-state index contributed by atoms with van der Waals surface area (Å²) >= 11 is 0. The summed E-state index contributed by atoms with van der Waals surface area (Å²) in [6.07, 6.45) is 7.11. The minimum Gasteiger partial charge on any atom is -0.440 e. The van der Waals surface area contributed by atoms with Gasteiger partial charge in [0.05, 0.1) is 0 Å². The number of anilines is 1. The molecule has 226 valence electrons. The summed E-state index contributed by atoms with van der Waals surface area (Å²) in [5, 5.41) is 5.47. The maximum absolute atomic E-state index is 13.2. The standard InChI is InChI=1S/C25H25FN2O2.C10H8O3S/c1-27-25-23(17-11-13-28-12-3-2-4-20(28)14-17)21-15-18(7-10-22(21)30-25)24(29)16-5-8-19(26)9-6-16;11-14(12,13)10-7-3-5-8-4-1-2-6-9(8)10/h5-11,15,20,27H,2-4,12-14H2,1H3;1-7H,(H,11,12,13). The molecule has 0 saturated carbocycles. The van der Waals surface area contributed by atoms with E-state index in [0.717, 1.165) is 40.8 Å². The molecule has 4 aromatic carbocycles. The van der Waals surface area contributed by atoms with Crippen molar-refractivity contribution < 1.29 is 26.6 Å². The first-order chi connectivity index (χ1) is 21.2. The summed E-state index contributed by atoms with van der Waals surface area (Å²) in [4.78, 5) is 15.5. The van der Waals surface area contributed by atoms with Crippen LogP contribution in [0.3, 0.4) is 0 Å². The molecule has 0 radical (unpaired) electrons. The lowest BCUT2D eigenvalue weighted by molar-refractivity contribution is 0.103. The molecular formula is C35H33FN2O5S. The van der Waals surface area contributed by atoms with Crippen molar-refractivity contribution in [3.05, 3.63) is 114 Å². The predicted octanol–water partition coefficient (Wildman–Crippen LogP) is 7.57. The van der Waals surface area contributed by atoms with Crippen LogP contribution in [0, 0.1) is 5.82 Å². The van der Waals surface area contributed by atoms with Crippen LogP contribution in [-0.2, 0) is 10.1 Å². The molecule has 0 amide bonds. The molecule has 2 aliphatic heterocycles. The van der Waals surface area contributed by atoms with Gasteiger partial charge in [0.15, 0.2) is 5.78 Å². The monoisotopic (exact) mass is 612 g/mol. The highest BCUT2D eigenvalue weighted by Crippen LogP contribution is 2.41. The molecule has 0 spiro atoms. The Hall–Kier alpha value is -4.31. The first kappa shape index (κ1) is 29.7. The average molecular weight is 613 g/mol. The molecular weight excluding hydrogens is 579 g/mol. The largest absolute Gasteiger partial charge is 0.440 e. The number of hydrogen-bond donors (Lipinski definition) is 2. The zero-order chi connectivity index (χ0) is 30.8. The van der Waals surface area contributed by atoms with Crippen molar-refractivity contribution in [3.8, 4) is 0 Å². The van der Waals surface area contributed by atoms with Gasteiger partial charge in [-0.25, -0.2) is 4.39 Å². The molecule has 2 N–H and O–H groups in total. The van der Waals surface area contributed by atoms with Crippen LogP contribution in [0.15, 0.2) is 100 Å². The molecule has 3 heterocycles. The summed E-state index contributed by atoms with van der Waals surface area (Å²) in [6, 6.07) is 23.6. The molecule has 1 aromatic heterocycles. The van der Waals surface area contributed by atoms with Crippen molar-refractivity contribution in [1.82, 2.24) is 4.90 Å². The Labute approximate surface area is 255 Å². The predicted molar refractivity (Wildman–Crippen MR) is 171 cm³/mol. The maximum Gasteiger partial charge on any atom is 0.295 e. The lowest BCUT2D eigenvalue weighted by Gasteiger charge is -2.38. The van der Waals surface area contributed by atoms with E-state index >= 15 is 0 Å². The van der Waals surface area contributed by atoms with E-state index in [1.165, 1.54) is 61.7 Å².